The molecule has 0 bridgehead atoms. The van der Waals surface area contributed by atoms with E-state index in [1.165, 1.54) is 0 Å². The van der Waals surface area contributed by atoms with Crippen LogP contribution >= 0.6 is 11.6 Å². The van der Waals surface area contributed by atoms with Crippen molar-refractivity contribution in [2.75, 3.05) is 19.8 Å². The van der Waals surface area contributed by atoms with Crippen molar-refractivity contribution < 1.29 is 14.3 Å². The summed E-state index contributed by atoms with van der Waals surface area (Å²) in [6.07, 6.45) is 0.524. The largest absolute Gasteiger partial charge is 0.379 e. The van der Waals surface area contributed by atoms with Gasteiger partial charge in [-0.2, -0.15) is 0 Å². The van der Waals surface area contributed by atoms with Gasteiger partial charge in [-0.05, 0) is 37.6 Å². The van der Waals surface area contributed by atoms with E-state index in [0.717, 1.165) is 13.0 Å². The maximum absolute atomic E-state index is 12.0. The zero-order valence-corrected chi connectivity index (χ0v) is 11.6. The monoisotopic (exact) mass is 270 g/mol. The molecule has 18 heavy (non-hydrogen) atoms. The Morgan fingerprint density at radius 2 is 1.89 bits per heavy atom. The molecule has 0 aromatic heterocycles. The van der Waals surface area contributed by atoms with E-state index in [4.69, 9.17) is 21.1 Å². The Hall–Kier alpha value is -0.900. The van der Waals surface area contributed by atoms with Crippen LogP contribution in [0, 0.1) is 0 Å². The van der Waals surface area contributed by atoms with E-state index in [2.05, 4.69) is 0 Å². The lowest BCUT2D eigenvalue weighted by Crippen LogP contribution is -2.22. The highest BCUT2D eigenvalue weighted by atomic mass is 35.5. The van der Waals surface area contributed by atoms with Gasteiger partial charge in [0, 0.05) is 17.2 Å². The number of benzene rings is 1. The van der Waals surface area contributed by atoms with Crippen molar-refractivity contribution in [3.8, 4) is 0 Å². The van der Waals surface area contributed by atoms with E-state index in [1.807, 2.05) is 6.92 Å². The molecule has 0 aliphatic carbocycles. The Labute approximate surface area is 113 Å². The summed E-state index contributed by atoms with van der Waals surface area (Å²) in [6, 6.07) is 6.81. The van der Waals surface area contributed by atoms with Gasteiger partial charge in [-0.25, -0.2) is 0 Å². The molecule has 0 aliphatic rings. The summed E-state index contributed by atoms with van der Waals surface area (Å²) in [6.45, 7) is 5.47. The number of hydrogen-bond acceptors (Lipinski definition) is 3. The molecule has 4 heteroatoms. The lowest BCUT2D eigenvalue weighted by atomic mass is 10.1. The van der Waals surface area contributed by atoms with E-state index in [1.54, 1.807) is 31.2 Å². The van der Waals surface area contributed by atoms with E-state index in [-0.39, 0.29) is 5.78 Å². The molecule has 0 radical (unpaired) electrons. The van der Waals surface area contributed by atoms with Crippen molar-refractivity contribution in [1.82, 2.24) is 0 Å². The SMILES string of the molecule is CCCOCCOC(C)C(=O)c1ccc(Cl)cc1. The van der Waals surface area contributed by atoms with Crippen LogP contribution < -0.4 is 0 Å². The molecule has 0 fully saturated rings. The lowest BCUT2D eigenvalue weighted by molar-refractivity contribution is 0.0150. The molecule has 0 heterocycles. The zero-order valence-electron chi connectivity index (χ0n) is 10.8. The first kappa shape index (κ1) is 15.2. The van der Waals surface area contributed by atoms with Crippen molar-refractivity contribution in [2.45, 2.75) is 26.4 Å². The first-order valence-electron chi connectivity index (χ1n) is 6.14. The lowest BCUT2D eigenvalue weighted by Gasteiger charge is -2.12. The quantitative estimate of drug-likeness (QED) is 0.537. The molecule has 1 aromatic rings. The number of ketones is 1. The summed E-state index contributed by atoms with van der Waals surface area (Å²) in [7, 11) is 0. The predicted molar refractivity (Wildman–Crippen MR) is 72.3 cm³/mol. The van der Waals surface area contributed by atoms with Crippen molar-refractivity contribution >= 4 is 17.4 Å². The number of rotatable bonds is 8. The minimum atomic E-state index is -0.462. The number of carbonyl (C=O) groups is 1. The van der Waals surface area contributed by atoms with Crippen LogP contribution in [0.25, 0.3) is 0 Å². The van der Waals surface area contributed by atoms with Gasteiger partial charge in [-0.1, -0.05) is 18.5 Å². The highest BCUT2D eigenvalue weighted by Gasteiger charge is 2.15. The predicted octanol–water partition coefficient (Wildman–Crippen LogP) is 3.35. The Kier molecular flexibility index (Phi) is 6.94. The van der Waals surface area contributed by atoms with Crippen molar-refractivity contribution in [2.24, 2.45) is 0 Å². The fourth-order valence-corrected chi connectivity index (χ4v) is 1.58. The Morgan fingerprint density at radius 1 is 1.22 bits per heavy atom. The van der Waals surface area contributed by atoms with Gasteiger partial charge in [0.2, 0.25) is 0 Å². The highest BCUT2D eigenvalue weighted by molar-refractivity contribution is 6.30. The third-order valence-corrected chi connectivity index (χ3v) is 2.69. The van der Waals surface area contributed by atoms with E-state index >= 15 is 0 Å². The summed E-state index contributed by atoms with van der Waals surface area (Å²) >= 11 is 5.77. The normalized spacial score (nSPS) is 12.4. The maximum atomic E-state index is 12.0. The van der Waals surface area contributed by atoms with Crippen LogP contribution in [0.2, 0.25) is 5.02 Å². The molecule has 1 aromatic carbocycles. The van der Waals surface area contributed by atoms with E-state index < -0.39 is 6.10 Å². The van der Waals surface area contributed by atoms with Gasteiger partial charge in [0.15, 0.2) is 5.78 Å². The van der Waals surface area contributed by atoms with E-state index in [0.29, 0.717) is 23.8 Å². The summed E-state index contributed by atoms with van der Waals surface area (Å²) in [4.78, 5) is 12.0. The van der Waals surface area contributed by atoms with E-state index in [9.17, 15) is 4.79 Å². The molecule has 100 valence electrons. The first-order chi connectivity index (χ1) is 8.65. The second kappa shape index (κ2) is 8.25. The second-order valence-electron chi connectivity index (χ2n) is 4.00. The average Bonchev–Trinajstić information content (AvgIpc) is 2.38. The van der Waals surface area contributed by atoms with Crippen LogP contribution in [0.15, 0.2) is 24.3 Å². The summed E-state index contributed by atoms with van der Waals surface area (Å²) in [5.41, 5.74) is 0.612. The number of Topliss-reactive ketones (excluding diaryl/α,β-unsaturated/α-hetero) is 1. The third kappa shape index (κ3) is 5.17. The van der Waals surface area contributed by atoms with Gasteiger partial charge in [-0.15, -0.1) is 0 Å². The van der Waals surface area contributed by atoms with Gasteiger partial charge in [0.1, 0.15) is 6.10 Å². The molecule has 0 saturated carbocycles. The highest BCUT2D eigenvalue weighted by Crippen LogP contribution is 2.12. The van der Waals surface area contributed by atoms with Crippen LogP contribution in [0.5, 0.6) is 0 Å². The van der Waals surface area contributed by atoms with Crippen LogP contribution in [0.4, 0.5) is 0 Å². The Bertz CT molecular complexity index is 362. The number of halogens is 1. The third-order valence-electron chi connectivity index (χ3n) is 2.44. The zero-order chi connectivity index (χ0) is 13.4. The molecule has 0 aliphatic heterocycles. The molecule has 1 unspecified atom stereocenters. The van der Waals surface area contributed by atoms with Crippen molar-refractivity contribution in [1.29, 1.82) is 0 Å². The number of carbonyl (C=O) groups excluding carboxylic acids is 1. The van der Waals surface area contributed by atoms with Crippen LogP contribution in [-0.4, -0.2) is 31.7 Å². The fraction of sp³-hybridized carbons (Fsp3) is 0.500. The summed E-state index contributed by atoms with van der Waals surface area (Å²) in [5.74, 6) is -0.0397. The Balaban J connectivity index is 2.34. The maximum Gasteiger partial charge on any atom is 0.191 e. The number of hydrogen-bond donors (Lipinski definition) is 0. The second-order valence-corrected chi connectivity index (χ2v) is 4.43. The van der Waals surface area contributed by atoms with Crippen LogP contribution in [0.3, 0.4) is 0 Å². The molecule has 0 amide bonds. The van der Waals surface area contributed by atoms with Crippen molar-refractivity contribution in [3.05, 3.63) is 34.9 Å². The summed E-state index contributed by atoms with van der Waals surface area (Å²) < 4.78 is 10.7. The van der Waals surface area contributed by atoms with Crippen LogP contribution in [-0.2, 0) is 9.47 Å². The molecule has 1 rings (SSSR count). The van der Waals surface area contributed by atoms with Gasteiger partial charge in [0.25, 0.3) is 0 Å². The molecule has 0 N–H and O–H groups in total. The molecule has 0 spiro atoms. The standard InChI is InChI=1S/C14H19ClO3/c1-3-8-17-9-10-18-11(2)14(16)12-4-6-13(15)7-5-12/h4-7,11H,3,8-10H2,1-2H3. The van der Waals surface area contributed by atoms with Gasteiger partial charge in [-0.3, -0.25) is 4.79 Å². The average molecular weight is 271 g/mol. The smallest absolute Gasteiger partial charge is 0.191 e. The molecular formula is C14H19ClO3. The molecule has 1 atom stereocenters. The first-order valence-corrected chi connectivity index (χ1v) is 6.52. The minimum absolute atomic E-state index is 0.0397. The molecular weight excluding hydrogens is 252 g/mol. The summed E-state index contributed by atoms with van der Waals surface area (Å²) in [5, 5.41) is 0.619. The van der Waals surface area contributed by atoms with Gasteiger partial charge >= 0.3 is 0 Å². The topological polar surface area (TPSA) is 35.5 Å². The molecule has 3 nitrogen and oxygen atoms in total. The van der Waals surface area contributed by atoms with Gasteiger partial charge < -0.3 is 9.47 Å². The minimum Gasteiger partial charge on any atom is -0.379 e. The van der Waals surface area contributed by atoms with Crippen LogP contribution in [0.1, 0.15) is 30.6 Å². The Morgan fingerprint density at radius 3 is 2.50 bits per heavy atom. The molecule has 0 saturated heterocycles. The fourth-order valence-electron chi connectivity index (χ4n) is 1.45. The van der Waals surface area contributed by atoms with Gasteiger partial charge in [0.05, 0.1) is 13.2 Å². The van der Waals surface area contributed by atoms with Crippen molar-refractivity contribution in [3.63, 3.8) is 0 Å². The number of ether oxygens (including phenoxy) is 2.